The minimum Gasteiger partial charge on any atom is -0.394 e. The van der Waals surface area contributed by atoms with E-state index in [4.69, 9.17) is 10.8 Å². The molecule has 0 aliphatic heterocycles. The van der Waals surface area contributed by atoms with Gasteiger partial charge in [0.2, 0.25) is 0 Å². The first-order valence-corrected chi connectivity index (χ1v) is 5.29. The molecule has 1 aliphatic carbocycles. The summed E-state index contributed by atoms with van der Waals surface area (Å²) in [4.78, 5) is 0. The summed E-state index contributed by atoms with van der Waals surface area (Å²) in [6, 6.07) is 0. The molecule has 3 N–H and O–H groups in total. The van der Waals surface area contributed by atoms with Gasteiger partial charge in [-0.25, -0.2) is 8.42 Å². The summed E-state index contributed by atoms with van der Waals surface area (Å²) in [6.07, 6.45) is 0.402. The molecule has 0 spiro atoms. The quantitative estimate of drug-likeness (QED) is 0.575. The molecule has 2 unspecified atom stereocenters. The highest BCUT2D eigenvalue weighted by molar-refractivity contribution is 7.92. The Balaban J connectivity index is 2.71. The molecule has 66 valence electrons. The Morgan fingerprint density at radius 3 is 2.55 bits per heavy atom. The Bertz CT molecular complexity index is 249. The Morgan fingerprint density at radius 1 is 1.73 bits per heavy atom. The molecule has 0 radical (unpaired) electrons. The van der Waals surface area contributed by atoms with Crippen LogP contribution < -0.4 is 5.73 Å². The average Bonchev–Trinajstić information content (AvgIpc) is 2.65. The van der Waals surface area contributed by atoms with Gasteiger partial charge >= 0.3 is 0 Å². The van der Waals surface area contributed by atoms with Gasteiger partial charge in [-0.2, -0.15) is 0 Å². The van der Waals surface area contributed by atoms with Crippen LogP contribution in [0.5, 0.6) is 0 Å². The van der Waals surface area contributed by atoms with Crippen molar-refractivity contribution in [3.05, 3.63) is 0 Å². The summed E-state index contributed by atoms with van der Waals surface area (Å²) >= 11 is 0. The van der Waals surface area contributed by atoms with E-state index in [1.807, 2.05) is 0 Å². The monoisotopic (exact) mass is 179 g/mol. The topological polar surface area (TPSA) is 80.4 Å². The zero-order chi connectivity index (χ0) is 8.70. The second kappa shape index (κ2) is 2.43. The first-order chi connectivity index (χ1) is 4.96. The van der Waals surface area contributed by atoms with Crippen LogP contribution in [-0.4, -0.2) is 36.7 Å². The molecule has 0 aromatic rings. The molecule has 1 aliphatic rings. The van der Waals surface area contributed by atoms with Crippen molar-refractivity contribution in [2.24, 2.45) is 5.73 Å². The van der Waals surface area contributed by atoms with E-state index in [2.05, 4.69) is 0 Å². The second-order valence-electron chi connectivity index (χ2n) is 3.04. The summed E-state index contributed by atoms with van der Waals surface area (Å²) in [5, 5.41) is 8.20. The SMILES string of the molecule is CCS(=O)(=O)C1CC1(N)CO. The minimum absolute atomic E-state index is 0.108. The number of rotatable bonds is 3. The van der Waals surface area contributed by atoms with Crippen LogP contribution in [0.2, 0.25) is 0 Å². The molecule has 1 fully saturated rings. The highest BCUT2D eigenvalue weighted by Gasteiger charge is 2.57. The third-order valence-electron chi connectivity index (χ3n) is 2.18. The third kappa shape index (κ3) is 1.40. The predicted molar refractivity (Wildman–Crippen MR) is 41.9 cm³/mol. The standard InChI is InChI=1S/C6H13NO3S/c1-2-11(9,10)5-3-6(5,7)4-8/h5,8H,2-4,7H2,1H3. The van der Waals surface area contributed by atoms with E-state index in [0.29, 0.717) is 6.42 Å². The van der Waals surface area contributed by atoms with Crippen molar-refractivity contribution >= 4 is 9.84 Å². The Kier molecular flexibility index (Phi) is 1.98. The maximum atomic E-state index is 11.1. The normalized spacial score (nSPS) is 37.2. The number of hydrogen-bond donors (Lipinski definition) is 2. The lowest BCUT2D eigenvalue weighted by atomic mass is 10.3. The Morgan fingerprint density at radius 2 is 2.27 bits per heavy atom. The number of hydrogen-bond acceptors (Lipinski definition) is 4. The first-order valence-electron chi connectivity index (χ1n) is 3.57. The fraction of sp³-hybridized carbons (Fsp3) is 1.00. The van der Waals surface area contributed by atoms with Crippen LogP contribution in [0.1, 0.15) is 13.3 Å². The fourth-order valence-corrected chi connectivity index (χ4v) is 2.89. The molecular weight excluding hydrogens is 166 g/mol. The molecule has 1 rings (SSSR count). The third-order valence-corrected chi connectivity index (χ3v) is 4.48. The molecule has 0 saturated heterocycles. The van der Waals surface area contributed by atoms with E-state index < -0.39 is 20.6 Å². The summed E-state index contributed by atoms with van der Waals surface area (Å²) < 4.78 is 22.3. The van der Waals surface area contributed by atoms with Crippen LogP contribution >= 0.6 is 0 Å². The van der Waals surface area contributed by atoms with Gasteiger partial charge in [0.1, 0.15) is 0 Å². The van der Waals surface area contributed by atoms with Crippen LogP contribution in [0, 0.1) is 0 Å². The number of aliphatic hydroxyl groups excluding tert-OH is 1. The smallest absolute Gasteiger partial charge is 0.154 e. The molecule has 0 bridgehead atoms. The van der Waals surface area contributed by atoms with Crippen LogP contribution in [0.3, 0.4) is 0 Å². The predicted octanol–water partition coefficient (Wildman–Crippen LogP) is -1.12. The lowest BCUT2D eigenvalue weighted by Gasteiger charge is -2.05. The van der Waals surface area contributed by atoms with Crippen molar-refractivity contribution in [2.45, 2.75) is 24.1 Å². The molecule has 11 heavy (non-hydrogen) atoms. The first kappa shape index (κ1) is 8.96. The summed E-state index contributed by atoms with van der Waals surface area (Å²) in [7, 11) is -3.03. The van der Waals surface area contributed by atoms with Gasteiger partial charge in [0.25, 0.3) is 0 Å². The molecule has 0 heterocycles. The Labute approximate surface area is 66.3 Å². The van der Waals surface area contributed by atoms with Crippen molar-refractivity contribution in [3.8, 4) is 0 Å². The lowest BCUT2D eigenvalue weighted by Crippen LogP contribution is -2.34. The maximum Gasteiger partial charge on any atom is 0.154 e. The molecule has 4 nitrogen and oxygen atoms in total. The largest absolute Gasteiger partial charge is 0.394 e. The van der Waals surface area contributed by atoms with Gasteiger partial charge in [0.15, 0.2) is 9.84 Å². The summed E-state index contributed by atoms with van der Waals surface area (Å²) in [5.41, 5.74) is 4.68. The van der Waals surface area contributed by atoms with Gasteiger partial charge in [-0.15, -0.1) is 0 Å². The highest BCUT2D eigenvalue weighted by Crippen LogP contribution is 2.39. The molecule has 1 saturated carbocycles. The van der Waals surface area contributed by atoms with Gasteiger partial charge in [-0.1, -0.05) is 6.92 Å². The summed E-state index contributed by atoms with van der Waals surface area (Å²) in [5.74, 6) is 0.108. The van der Waals surface area contributed by atoms with E-state index in [9.17, 15) is 8.42 Å². The second-order valence-corrected chi connectivity index (χ2v) is 5.51. The van der Waals surface area contributed by atoms with Crippen molar-refractivity contribution in [3.63, 3.8) is 0 Å². The van der Waals surface area contributed by atoms with E-state index in [1.54, 1.807) is 6.92 Å². The van der Waals surface area contributed by atoms with E-state index in [0.717, 1.165) is 0 Å². The van der Waals surface area contributed by atoms with Crippen LogP contribution in [0.4, 0.5) is 0 Å². The fourth-order valence-electron chi connectivity index (χ4n) is 1.14. The van der Waals surface area contributed by atoms with Gasteiger partial charge in [0, 0.05) is 5.75 Å². The van der Waals surface area contributed by atoms with Crippen molar-refractivity contribution in [2.75, 3.05) is 12.4 Å². The molecule has 2 atom stereocenters. The van der Waals surface area contributed by atoms with Crippen LogP contribution in [0.15, 0.2) is 0 Å². The molecule has 5 heteroatoms. The van der Waals surface area contributed by atoms with Crippen molar-refractivity contribution in [1.82, 2.24) is 0 Å². The van der Waals surface area contributed by atoms with Crippen LogP contribution in [0.25, 0.3) is 0 Å². The molecule has 0 aromatic heterocycles. The van der Waals surface area contributed by atoms with Gasteiger partial charge in [-0.3, -0.25) is 0 Å². The van der Waals surface area contributed by atoms with Gasteiger partial charge in [0.05, 0.1) is 17.4 Å². The highest BCUT2D eigenvalue weighted by atomic mass is 32.2. The van der Waals surface area contributed by atoms with Crippen molar-refractivity contribution in [1.29, 1.82) is 0 Å². The number of sulfone groups is 1. The van der Waals surface area contributed by atoms with E-state index in [-0.39, 0.29) is 12.4 Å². The Hall–Kier alpha value is -0.130. The number of nitrogens with two attached hydrogens (primary N) is 1. The molecular formula is C6H13NO3S. The van der Waals surface area contributed by atoms with Gasteiger partial charge < -0.3 is 10.8 Å². The zero-order valence-corrected chi connectivity index (χ0v) is 7.26. The van der Waals surface area contributed by atoms with Gasteiger partial charge in [-0.05, 0) is 6.42 Å². The van der Waals surface area contributed by atoms with E-state index >= 15 is 0 Å². The minimum atomic E-state index is -3.03. The van der Waals surface area contributed by atoms with Crippen LogP contribution in [-0.2, 0) is 9.84 Å². The zero-order valence-electron chi connectivity index (χ0n) is 6.45. The molecule has 0 aromatic carbocycles. The van der Waals surface area contributed by atoms with E-state index in [1.165, 1.54) is 0 Å². The molecule has 0 amide bonds. The number of aliphatic hydroxyl groups is 1. The average molecular weight is 179 g/mol. The summed E-state index contributed by atoms with van der Waals surface area (Å²) in [6.45, 7) is 1.35. The lowest BCUT2D eigenvalue weighted by molar-refractivity contribution is 0.257. The maximum absolute atomic E-state index is 11.1. The van der Waals surface area contributed by atoms with Crippen molar-refractivity contribution < 1.29 is 13.5 Å².